The topological polar surface area (TPSA) is 12.9 Å². The summed E-state index contributed by atoms with van der Waals surface area (Å²) in [5, 5.41) is 0. The van der Waals surface area contributed by atoms with Crippen LogP contribution in [-0.4, -0.2) is 4.98 Å². The first-order valence-electron chi connectivity index (χ1n) is 2.09. The molecule has 1 nitrogen and oxygen atoms in total. The Kier molecular flexibility index (Phi) is 9.18. The van der Waals surface area contributed by atoms with E-state index in [0.717, 1.165) is 0 Å². The molecule has 1 rings (SSSR count). The molecule has 9 heavy (non-hydrogen) atoms. The third-order valence-electron chi connectivity index (χ3n) is 0.566. The van der Waals surface area contributed by atoms with Crippen LogP contribution < -0.4 is 0 Å². The van der Waals surface area contributed by atoms with Crippen molar-refractivity contribution in [2.24, 2.45) is 0 Å². The summed E-state index contributed by atoms with van der Waals surface area (Å²) >= 11 is 6.00. The molecule has 0 amide bonds. The molecule has 1 aromatic rings. The smallest absolute Gasteiger partial charge is 0.0267 e. The van der Waals surface area contributed by atoms with E-state index in [1.807, 2.05) is 18.2 Å². The van der Waals surface area contributed by atoms with Crippen molar-refractivity contribution in [3.63, 3.8) is 0 Å². The van der Waals surface area contributed by atoms with Crippen LogP contribution in [0.1, 0.15) is 0 Å². The van der Waals surface area contributed by atoms with Gasteiger partial charge in [-0.3, -0.25) is 4.98 Å². The molecule has 0 N–H and O–H groups in total. The van der Waals surface area contributed by atoms with E-state index in [9.17, 15) is 0 Å². The molecule has 0 aliphatic carbocycles. The molecule has 0 spiro atoms. The summed E-state index contributed by atoms with van der Waals surface area (Å²) in [6.45, 7) is 0. The van der Waals surface area contributed by atoms with Gasteiger partial charge in [-0.2, -0.15) is 0 Å². The average molecular weight is 298 g/mol. The normalized spacial score (nSPS) is 7.78. The fourth-order valence-corrected chi connectivity index (χ4v) is 0.313. The predicted molar refractivity (Wildman–Crippen MR) is 42.1 cm³/mol. The van der Waals surface area contributed by atoms with Crippen LogP contribution in [0, 0.1) is 0 Å². The zero-order valence-electron chi connectivity index (χ0n) is 4.41. The van der Waals surface area contributed by atoms with E-state index in [2.05, 4.69) is 33.4 Å². The van der Waals surface area contributed by atoms with Gasteiger partial charge in [0.15, 0.2) is 0 Å². The number of rotatable bonds is 0. The summed E-state index contributed by atoms with van der Waals surface area (Å²) in [7, 11) is 1.25. The molecule has 0 fully saturated rings. The fourth-order valence-electron chi connectivity index (χ4n) is 0.313. The maximum atomic E-state index is 3.78. The largest absolute Gasteiger partial charge is 0.265 e. The molecule has 0 atom stereocenters. The van der Waals surface area contributed by atoms with E-state index < -0.39 is 0 Å². The predicted octanol–water partition coefficient (Wildman–Crippen LogP) is 2.77. The van der Waals surface area contributed by atoms with Gasteiger partial charge in [-0.1, -0.05) is 6.07 Å². The van der Waals surface area contributed by atoms with Crippen LogP contribution in [0.2, 0.25) is 0 Å². The Labute approximate surface area is 74.6 Å². The molecule has 1 heterocycles. The molecule has 54 valence electrons. The summed E-state index contributed by atoms with van der Waals surface area (Å²) in [6, 6.07) is 5.72. The van der Waals surface area contributed by atoms with Gasteiger partial charge < -0.3 is 0 Å². The van der Waals surface area contributed by atoms with E-state index >= 15 is 0 Å². The number of nitrogens with zero attached hydrogens (tertiary/aromatic N) is 1. The van der Waals surface area contributed by atoms with E-state index in [-0.39, 0.29) is 0 Å². The number of hydrogen-bond acceptors (Lipinski definition) is 1. The van der Waals surface area contributed by atoms with Gasteiger partial charge in [0, 0.05) is 12.4 Å². The van der Waals surface area contributed by atoms with Crippen LogP contribution in [-0.2, 0) is 10.9 Å². The van der Waals surface area contributed by atoms with Gasteiger partial charge in [0.05, 0.1) is 0 Å². The molecular formula is C5H5Br2NNi. The van der Waals surface area contributed by atoms with Crippen LogP contribution in [0.4, 0.5) is 0 Å². The van der Waals surface area contributed by atoms with Crippen molar-refractivity contribution in [2.75, 3.05) is 0 Å². The van der Waals surface area contributed by atoms with E-state index in [1.165, 1.54) is 10.9 Å². The van der Waals surface area contributed by atoms with Gasteiger partial charge in [-0.05, 0) is 12.1 Å². The van der Waals surface area contributed by atoms with Crippen molar-refractivity contribution in [2.45, 2.75) is 0 Å². The first kappa shape index (κ1) is 9.60. The van der Waals surface area contributed by atoms with E-state index in [0.29, 0.717) is 0 Å². The summed E-state index contributed by atoms with van der Waals surface area (Å²) in [4.78, 5) is 3.78. The Hall–Kier alpha value is 0.604. The van der Waals surface area contributed by atoms with E-state index in [4.69, 9.17) is 0 Å². The van der Waals surface area contributed by atoms with Crippen LogP contribution in [0.3, 0.4) is 0 Å². The monoisotopic (exact) mass is 295 g/mol. The third-order valence-corrected chi connectivity index (χ3v) is 0.566. The minimum atomic E-state index is 1.25. The first-order chi connectivity index (χ1) is 4.41. The van der Waals surface area contributed by atoms with Gasteiger partial charge in [0.25, 0.3) is 0 Å². The summed E-state index contributed by atoms with van der Waals surface area (Å²) in [5.74, 6) is 0. The summed E-state index contributed by atoms with van der Waals surface area (Å²) < 4.78 is 0. The second-order valence-corrected chi connectivity index (χ2v) is 6.05. The second-order valence-electron chi connectivity index (χ2n) is 1.07. The van der Waals surface area contributed by atoms with Gasteiger partial charge in [-0.15, -0.1) is 0 Å². The molecule has 0 unspecified atom stereocenters. The zero-order valence-corrected chi connectivity index (χ0v) is 8.57. The zero-order chi connectivity index (χ0) is 6.95. The van der Waals surface area contributed by atoms with Crippen molar-refractivity contribution in [3.8, 4) is 0 Å². The molecule has 0 aliphatic rings. The van der Waals surface area contributed by atoms with Crippen molar-refractivity contribution in [3.05, 3.63) is 30.6 Å². The molecule has 0 saturated carbocycles. The van der Waals surface area contributed by atoms with Gasteiger partial charge in [0.2, 0.25) is 0 Å². The number of halogens is 2. The Balaban J connectivity index is 0.000000187. The van der Waals surface area contributed by atoms with Crippen LogP contribution in [0.15, 0.2) is 30.6 Å². The SMILES string of the molecule is [Br][Ni][Br].c1ccncc1. The first-order valence-corrected chi connectivity index (χ1v) is 6.97. The van der Waals surface area contributed by atoms with Crippen LogP contribution >= 0.6 is 28.5 Å². The van der Waals surface area contributed by atoms with Crippen molar-refractivity contribution >= 4 is 28.5 Å². The molecule has 0 aromatic carbocycles. The van der Waals surface area contributed by atoms with Gasteiger partial charge in [0.1, 0.15) is 0 Å². The Morgan fingerprint density at radius 2 is 1.44 bits per heavy atom. The van der Waals surface area contributed by atoms with Crippen molar-refractivity contribution in [1.82, 2.24) is 4.98 Å². The van der Waals surface area contributed by atoms with E-state index in [1.54, 1.807) is 12.4 Å². The Morgan fingerprint density at radius 3 is 1.56 bits per heavy atom. The molecule has 0 bridgehead atoms. The minimum Gasteiger partial charge on any atom is -0.265 e. The maximum absolute atomic E-state index is 3.78. The number of pyridine rings is 1. The van der Waals surface area contributed by atoms with Gasteiger partial charge >= 0.3 is 39.3 Å². The molecular weight excluding hydrogens is 293 g/mol. The molecule has 1 aromatic heterocycles. The summed E-state index contributed by atoms with van der Waals surface area (Å²) in [5.41, 5.74) is 0. The second kappa shape index (κ2) is 8.60. The van der Waals surface area contributed by atoms with Crippen LogP contribution in [0.5, 0.6) is 0 Å². The fraction of sp³-hybridized carbons (Fsp3) is 0. The van der Waals surface area contributed by atoms with Crippen LogP contribution in [0.25, 0.3) is 0 Å². The standard InChI is InChI=1S/C5H5N.2BrH.Ni/c1-2-4-6-5-3-1;;;/h1-5H;2*1H;/q;;;+2/p-2. The average Bonchev–Trinajstić information content (AvgIpc) is 1.93. The number of aromatic nitrogens is 1. The number of hydrogen-bond donors (Lipinski definition) is 0. The maximum Gasteiger partial charge on any atom is 0.0267 e. The molecule has 0 saturated heterocycles. The molecule has 0 aliphatic heterocycles. The third kappa shape index (κ3) is 8.60. The van der Waals surface area contributed by atoms with Crippen molar-refractivity contribution in [1.29, 1.82) is 0 Å². The summed E-state index contributed by atoms with van der Waals surface area (Å²) in [6.07, 6.45) is 3.50. The molecule has 0 radical (unpaired) electrons. The van der Waals surface area contributed by atoms with Gasteiger partial charge in [-0.25, -0.2) is 0 Å². The Bertz CT molecular complexity index is 97.8. The molecule has 4 heteroatoms. The minimum absolute atomic E-state index is 1.25. The quantitative estimate of drug-likeness (QED) is 0.671. The van der Waals surface area contributed by atoms with Crippen molar-refractivity contribution < 1.29 is 10.9 Å². The Morgan fingerprint density at radius 1 is 1.00 bits per heavy atom.